The van der Waals surface area contributed by atoms with Crippen LogP contribution in [0.25, 0.3) is 10.9 Å². The van der Waals surface area contributed by atoms with Crippen LogP contribution in [-0.4, -0.2) is 4.98 Å². The van der Waals surface area contributed by atoms with Crippen LogP contribution in [0.2, 0.25) is 0 Å². The van der Waals surface area contributed by atoms with Crippen LogP contribution < -0.4 is 5.32 Å². The molecule has 2 heterocycles. The highest BCUT2D eigenvalue weighted by atomic mass is 15.0. The Kier molecular flexibility index (Phi) is 2.35. The van der Waals surface area contributed by atoms with Gasteiger partial charge in [-0.2, -0.15) is 5.26 Å². The highest BCUT2D eigenvalue weighted by Crippen LogP contribution is 2.24. The van der Waals surface area contributed by atoms with Gasteiger partial charge in [-0.25, -0.2) is 4.98 Å². The SMILES string of the molecule is N#CC1(c2ccc3ccccc3n2)C=CC=CN1. The van der Waals surface area contributed by atoms with E-state index in [-0.39, 0.29) is 0 Å². The van der Waals surface area contributed by atoms with E-state index in [0.717, 1.165) is 10.9 Å². The number of hydrogen-bond donors (Lipinski definition) is 1. The first kappa shape index (κ1) is 10.5. The van der Waals surface area contributed by atoms with Crippen molar-refractivity contribution in [2.75, 3.05) is 0 Å². The molecular formula is C15H11N3. The van der Waals surface area contributed by atoms with Crippen LogP contribution in [0.3, 0.4) is 0 Å². The number of hydrogen-bond acceptors (Lipinski definition) is 3. The van der Waals surface area contributed by atoms with Crippen molar-refractivity contribution in [3.8, 4) is 6.07 Å². The van der Waals surface area contributed by atoms with E-state index in [2.05, 4.69) is 16.4 Å². The van der Waals surface area contributed by atoms with Gasteiger partial charge in [0.1, 0.15) is 6.07 Å². The minimum atomic E-state index is -0.862. The van der Waals surface area contributed by atoms with Gasteiger partial charge in [-0.15, -0.1) is 0 Å². The number of nitrogens with one attached hydrogen (secondary N) is 1. The van der Waals surface area contributed by atoms with Crippen molar-refractivity contribution in [3.05, 3.63) is 66.5 Å². The number of aromatic nitrogens is 1. The standard InChI is InChI=1S/C15H11N3/c16-11-15(9-3-4-10-17-15)14-8-7-12-5-1-2-6-13(12)18-14/h1-10,17H. The maximum atomic E-state index is 9.43. The third-order valence-corrected chi connectivity index (χ3v) is 3.04. The molecule has 1 N–H and O–H groups in total. The van der Waals surface area contributed by atoms with Crippen LogP contribution in [0.15, 0.2) is 60.8 Å². The molecule has 1 aromatic carbocycles. The quantitative estimate of drug-likeness (QED) is 0.823. The lowest BCUT2D eigenvalue weighted by Gasteiger charge is -2.25. The van der Waals surface area contributed by atoms with Crippen molar-refractivity contribution in [3.63, 3.8) is 0 Å². The number of rotatable bonds is 1. The van der Waals surface area contributed by atoms with Gasteiger partial charge in [0.15, 0.2) is 5.54 Å². The van der Waals surface area contributed by atoms with Crippen LogP contribution in [0.1, 0.15) is 5.69 Å². The topological polar surface area (TPSA) is 48.7 Å². The van der Waals surface area contributed by atoms with E-state index in [9.17, 15) is 5.26 Å². The van der Waals surface area contributed by atoms with Crippen LogP contribution in [0.4, 0.5) is 0 Å². The summed E-state index contributed by atoms with van der Waals surface area (Å²) < 4.78 is 0. The summed E-state index contributed by atoms with van der Waals surface area (Å²) in [5.74, 6) is 0. The number of benzene rings is 1. The number of fused-ring (bicyclic) bond motifs is 1. The normalized spacial score (nSPS) is 21.5. The van der Waals surface area contributed by atoms with Crippen LogP contribution in [-0.2, 0) is 5.54 Å². The fourth-order valence-electron chi connectivity index (χ4n) is 2.05. The van der Waals surface area contributed by atoms with Gasteiger partial charge >= 0.3 is 0 Å². The molecule has 3 rings (SSSR count). The highest BCUT2D eigenvalue weighted by molar-refractivity contribution is 5.78. The average molecular weight is 233 g/mol. The lowest BCUT2D eigenvalue weighted by Crippen LogP contribution is -2.37. The van der Waals surface area contributed by atoms with Gasteiger partial charge in [-0.3, -0.25) is 0 Å². The second-order valence-corrected chi connectivity index (χ2v) is 4.17. The first-order chi connectivity index (χ1) is 8.84. The zero-order valence-corrected chi connectivity index (χ0v) is 9.67. The minimum Gasteiger partial charge on any atom is -0.365 e. The van der Waals surface area contributed by atoms with Crippen molar-refractivity contribution in [1.29, 1.82) is 5.26 Å². The molecule has 0 spiro atoms. The van der Waals surface area contributed by atoms with Crippen LogP contribution in [0.5, 0.6) is 0 Å². The summed E-state index contributed by atoms with van der Waals surface area (Å²) in [6, 6.07) is 14.1. The summed E-state index contributed by atoms with van der Waals surface area (Å²) in [7, 11) is 0. The molecule has 0 amide bonds. The van der Waals surface area contributed by atoms with Gasteiger partial charge in [-0.05, 0) is 30.5 Å². The molecule has 0 saturated heterocycles. The number of pyridine rings is 1. The maximum Gasteiger partial charge on any atom is 0.186 e. The van der Waals surface area contributed by atoms with Gasteiger partial charge in [0.2, 0.25) is 0 Å². The van der Waals surface area contributed by atoms with E-state index in [1.165, 1.54) is 0 Å². The molecule has 1 aromatic heterocycles. The molecule has 1 unspecified atom stereocenters. The molecule has 18 heavy (non-hydrogen) atoms. The lowest BCUT2D eigenvalue weighted by molar-refractivity contribution is 0.587. The Bertz CT molecular complexity index is 694. The van der Waals surface area contributed by atoms with Gasteiger partial charge in [0.05, 0.1) is 11.2 Å². The Morgan fingerprint density at radius 1 is 1.11 bits per heavy atom. The smallest absolute Gasteiger partial charge is 0.186 e. The molecule has 1 aliphatic heterocycles. The van der Waals surface area contributed by atoms with Crippen molar-refractivity contribution < 1.29 is 0 Å². The van der Waals surface area contributed by atoms with E-state index < -0.39 is 5.54 Å². The molecule has 2 aromatic rings. The fraction of sp³-hybridized carbons (Fsp3) is 0.0667. The van der Waals surface area contributed by atoms with E-state index >= 15 is 0 Å². The van der Waals surface area contributed by atoms with Gasteiger partial charge in [0.25, 0.3) is 0 Å². The Balaban J connectivity index is 2.17. The average Bonchev–Trinajstić information content (AvgIpc) is 2.47. The Hall–Kier alpha value is -2.60. The second-order valence-electron chi connectivity index (χ2n) is 4.17. The van der Waals surface area contributed by atoms with Gasteiger partial charge in [-0.1, -0.05) is 30.3 Å². The van der Waals surface area contributed by atoms with Crippen molar-refractivity contribution in [2.24, 2.45) is 0 Å². The third-order valence-electron chi connectivity index (χ3n) is 3.04. The summed E-state index contributed by atoms with van der Waals surface area (Å²) in [5, 5.41) is 13.6. The maximum absolute atomic E-state index is 9.43. The molecule has 3 heteroatoms. The van der Waals surface area contributed by atoms with E-state index in [1.807, 2.05) is 54.6 Å². The first-order valence-corrected chi connectivity index (χ1v) is 5.74. The molecule has 0 fully saturated rings. The number of nitrogens with zero attached hydrogens (tertiary/aromatic N) is 2. The largest absolute Gasteiger partial charge is 0.365 e. The first-order valence-electron chi connectivity index (χ1n) is 5.74. The van der Waals surface area contributed by atoms with E-state index in [0.29, 0.717) is 5.69 Å². The van der Waals surface area contributed by atoms with Crippen molar-refractivity contribution in [2.45, 2.75) is 5.54 Å². The molecule has 0 radical (unpaired) electrons. The molecule has 1 aliphatic rings. The number of dihydropyridines is 1. The lowest BCUT2D eigenvalue weighted by atomic mass is 9.93. The Labute approximate surface area is 105 Å². The predicted molar refractivity (Wildman–Crippen MR) is 70.4 cm³/mol. The Morgan fingerprint density at radius 3 is 2.78 bits per heavy atom. The molecule has 0 saturated carbocycles. The molecule has 0 bridgehead atoms. The van der Waals surface area contributed by atoms with Gasteiger partial charge in [0, 0.05) is 5.39 Å². The van der Waals surface area contributed by atoms with E-state index in [4.69, 9.17) is 0 Å². The van der Waals surface area contributed by atoms with Crippen molar-refractivity contribution in [1.82, 2.24) is 10.3 Å². The fourth-order valence-corrected chi connectivity index (χ4v) is 2.05. The Morgan fingerprint density at radius 2 is 2.00 bits per heavy atom. The molecular weight excluding hydrogens is 222 g/mol. The highest BCUT2D eigenvalue weighted by Gasteiger charge is 2.30. The second kappa shape index (κ2) is 4.01. The third kappa shape index (κ3) is 1.56. The van der Waals surface area contributed by atoms with Crippen molar-refractivity contribution >= 4 is 10.9 Å². The number of nitriles is 1. The number of para-hydroxylation sites is 1. The summed E-state index contributed by atoms with van der Waals surface area (Å²) in [5.41, 5.74) is 0.748. The zero-order valence-electron chi connectivity index (χ0n) is 9.67. The molecule has 1 atom stereocenters. The predicted octanol–water partition coefficient (Wildman–Crippen LogP) is 2.63. The molecule has 86 valence electrons. The summed E-state index contributed by atoms with van der Waals surface area (Å²) in [6.07, 6.45) is 7.30. The minimum absolute atomic E-state index is 0.712. The van der Waals surface area contributed by atoms with Crippen LogP contribution in [0, 0.1) is 11.3 Å². The van der Waals surface area contributed by atoms with E-state index in [1.54, 1.807) is 6.20 Å². The summed E-state index contributed by atoms with van der Waals surface area (Å²) >= 11 is 0. The van der Waals surface area contributed by atoms with Gasteiger partial charge < -0.3 is 5.32 Å². The molecule has 3 nitrogen and oxygen atoms in total. The monoisotopic (exact) mass is 233 g/mol. The summed E-state index contributed by atoms with van der Waals surface area (Å²) in [6.45, 7) is 0. The molecule has 0 aliphatic carbocycles. The van der Waals surface area contributed by atoms with Crippen LogP contribution >= 0.6 is 0 Å². The summed E-state index contributed by atoms with van der Waals surface area (Å²) in [4.78, 5) is 4.57. The zero-order chi connectivity index (χ0) is 12.4. The number of allylic oxidation sites excluding steroid dienone is 2.